The van der Waals surface area contributed by atoms with Gasteiger partial charge in [0.2, 0.25) is 5.89 Å². The molecule has 0 unspecified atom stereocenters. The molecule has 3 aromatic carbocycles. The van der Waals surface area contributed by atoms with Crippen LogP contribution in [0.25, 0.3) is 22.6 Å². The number of urea groups is 1. The molecule has 0 aliphatic rings. The van der Waals surface area contributed by atoms with Crippen molar-refractivity contribution in [3.63, 3.8) is 0 Å². The van der Waals surface area contributed by atoms with Gasteiger partial charge in [0, 0.05) is 16.9 Å². The third kappa shape index (κ3) is 3.28. The van der Waals surface area contributed by atoms with Crippen molar-refractivity contribution >= 4 is 28.5 Å². The molecule has 2 amide bonds. The second-order valence-corrected chi connectivity index (χ2v) is 5.96. The molecule has 0 bridgehead atoms. The van der Waals surface area contributed by atoms with Crippen LogP contribution in [0.4, 0.5) is 16.2 Å². The third-order valence-electron chi connectivity index (χ3n) is 4.05. The summed E-state index contributed by atoms with van der Waals surface area (Å²) in [6, 6.07) is 22.4. The Kier molecular flexibility index (Phi) is 4.11. The van der Waals surface area contributed by atoms with Gasteiger partial charge >= 0.3 is 6.03 Å². The van der Waals surface area contributed by atoms with Crippen LogP contribution >= 0.6 is 0 Å². The number of amides is 2. The smallest absolute Gasteiger partial charge is 0.323 e. The molecule has 0 spiro atoms. The number of para-hydroxylation sites is 3. The molecule has 0 saturated carbocycles. The molecule has 5 heteroatoms. The summed E-state index contributed by atoms with van der Waals surface area (Å²) in [7, 11) is 0. The second-order valence-electron chi connectivity index (χ2n) is 5.96. The first-order chi connectivity index (χ1) is 12.7. The van der Waals surface area contributed by atoms with Crippen molar-refractivity contribution in [2.75, 3.05) is 10.6 Å². The van der Waals surface area contributed by atoms with Crippen molar-refractivity contribution < 1.29 is 9.21 Å². The summed E-state index contributed by atoms with van der Waals surface area (Å²) in [5, 5.41) is 5.69. The molecule has 0 atom stereocenters. The Labute approximate surface area is 150 Å². The number of benzene rings is 3. The van der Waals surface area contributed by atoms with Crippen molar-refractivity contribution in [1.82, 2.24) is 4.98 Å². The SMILES string of the molecule is Cc1ccccc1NC(=O)Nc1cccc(-c2nc3ccccc3o2)c1. The number of hydrogen-bond acceptors (Lipinski definition) is 3. The standard InChI is InChI=1S/C21H17N3O2/c1-14-7-2-3-10-17(14)24-21(25)22-16-9-6-8-15(13-16)20-23-18-11-4-5-12-19(18)26-20/h2-13H,1H3,(H2,22,24,25). The van der Waals surface area contributed by atoms with Crippen LogP contribution in [0.2, 0.25) is 0 Å². The van der Waals surface area contributed by atoms with E-state index < -0.39 is 0 Å². The molecular formula is C21H17N3O2. The van der Waals surface area contributed by atoms with E-state index in [1.54, 1.807) is 0 Å². The lowest BCUT2D eigenvalue weighted by atomic mass is 10.2. The van der Waals surface area contributed by atoms with Crippen LogP contribution in [-0.2, 0) is 0 Å². The average Bonchev–Trinajstić information content (AvgIpc) is 3.08. The summed E-state index contributed by atoms with van der Waals surface area (Å²) in [6.07, 6.45) is 0. The van der Waals surface area contributed by atoms with E-state index in [1.807, 2.05) is 79.7 Å². The Morgan fingerprint density at radius 1 is 0.923 bits per heavy atom. The maximum atomic E-state index is 12.3. The molecule has 0 fully saturated rings. The zero-order valence-corrected chi connectivity index (χ0v) is 14.2. The Morgan fingerprint density at radius 2 is 1.73 bits per heavy atom. The molecule has 4 aromatic rings. The number of fused-ring (bicyclic) bond motifs is 1. The van der Waals surface area contributed by atoms with Gasteiger partial charge in [-0.25, -0.2) is 9.78 Å². The second kappa shape index (κ2) is 6.72. The topological polar surface area (TPSA) is 67.2 Å². The summed E-state index contributed by atoms with van der Waals surface area (Å²) in [4.78, 5) is 16.7. The highest BCUT2D eigenvalue weighted by Gasteiger charge is 2.10. The number of nitrogens with zero attached hydrogens (tertiary/aromatic N) is 1. The maximum Gasteiger partial charge on any atom is 0.323 e. The van der Waals surface area contributed by atoms with Gasteiger partial charge < -0.3 is 15.1 Å². The fourth-order valence-corrected chi connectivity index (χ4v) is 2.72. The molecule has 26 heavy (non-hydrogen) atoms. The predicted molar refractivity (Wildman–Crippen MR) is 103 cm³/mol. The van der Waals surface area contributed by atoms with Crippen molar-refractivity contribution in [3.05, 3.63) is 78.4 Å². The van der Waals surface area contributed by atoms with E-state index in [9.17, 15) is 4.79 Å². The van der Waals surface area contributed by atoms with Gasteiger partial charge in [0.1, 0.15) is 5.52 Å². The van der Waals surface area contributed by atoms with Crippen LogP contribution in [0.3, 0.4) is 0 Å². The van der Waals surface area contributed by atoms with Crippen molar-refractivity contribution in [2.24, 2.45) is 0 Å². The quantitative estimate of drug-likeness (QED) is 0.520. The Morgan fingerprint density at radius 3 is 2.58 bits per heavy atom. The summed E-state index contributed by atoms with van der Waals surface area (Å²) in [5.74, 6) is 0.522. The fourth-order valence-electron chi connectivity index (χ4n) is 2.72. The molecule has 0 aliphatic heterocycles. The van der Waals surface area contributed by atoms with Crippen LogP contribution < -0.4 is 10.6 Å². The minimum atomic E-state index is -0.297. The Hall–Kier alpha value is -3.60. The van der Waals surface area contributed by atoms with Gasteiger partial charge in [-0.1, -0.05) is 36.4 Å². The van der Waals surface area contributed by atoms with E-state index >= 15 is 0 Å². The van der Waals surface area contributed by atoms with E-state index in [1.165, 1.54) is 0 Å². The van der Waals surface area contributed by atoms with Crippen LogP contribution in [0.5, 0.6) is 0 Å². The van der Waals surface area contributed by atoms with Crippen LogP contribution in [-0.4, -0.2) is 11.0 Å². The van der Waals surface area contributed by atoms with E-state index in [0.717, 1.165) is 27.9 Å². The van der Waals surface area contributed by atoms with E-state index in [-0.39, 0.29) is 6.03 Å². The van der Waals surface area contributed by atoms with Gasteiger partial charge in [-0.05, 0) is 48.9 Å². The molecular weight excluding hydrogens is 326 g/mol. The average molecular weight is 343 g/mol. The highest BCUT2D eigenvalue weighted by Crippen LogP contribution is 2.26. The summed E-state index contributed by atoms with van der Waals surface area (Å²) in [5.41, 5.74) is 4.78. The third-order valence-corrected chi connectivity index (χ3v) is 4.05. The van der Waals surface area contributed by atoms with E-state index in [0.29, 0.717) is 11.6 Å². The normalized spacial score (nSPS) is 10.7. The molecule has 0 saturated heterocycles. The first kappa shape index (κ1) is 15.9. The number of aryl methyl sites for hydroxylation is 1. The van der Waals surface area contributed by atoms with Crippen molar-refractivity contribution in [2.45, 2.75) is 6.92 Å². The largest absolute Gasteiger partial charge is 0.436 e. The minimum absolute atomic E-state index is 0.297. The highest BCUT2D eigenvalue weighted by atomic mass is 16.3. The highest BCUT2D eigenvalue weighted by molar-refractivity contribution is 6.00. The number of nitrogens with one attached hydrogen (secondary N) is 2. The zero-order chi connectivity index (χ0) is 17.9. The van der Waals surface area contributed by atoms with Crippen molar-refractivity contribution in [3.8, 4) is 11.5 Å². The Balaban J connectivity index is 1.54. The first-order valence-corrected chi connectivity index (χ1v) is 8.29. The number of hydrogen-bond donors (Lipinski definition) is 2. The predicted octanol–water partition coefficient (Wildman–Crippen LogP) is 5.45. The van der Waals surface area contributed by atoms with Crippen LogP contribution in [0.15, 0.2) is 77.2 Å². The van der Waals surface area contributed by atoms with E-state index in [2.05, 4.69) is 15.6 Å². The number of carbonyl (C=O) groups is 1. The fraction of sp³-hybridized carbons (Fsp3) is 0.0476. The number of carbonyl (C=O) groups excluding carboxylic acids is 1. The lowest BCUT2D eigenvalue weighted by Gasteiger charge is -2.10. The lowest BCUT2D eigenvalue weighted by Crippen LogP contribution is -2.19. The molecule has 128 valence electrons. The number of aromatic nitrogens is 1. The zero-order valence-electron chi connectivity index (χ0n) is 14.2. The number of anilines is 2. The van der Waals surface area contributed by atoms with E-state index in [4.69, 9.17) is 4.42 Å². The molecule has 0 radical (unpaired) electrons. The number of rotatable bonds is 3. The van der Waals surface area contributed by atoms with Gasteiger partial charge in [-0.2, -0.15) is 0 Å². The first-order valence-electron chi connectivity index (χ1n) is 8.29. The summed E-state index contributed by atoms with van der Waals surface area (Å²) < 4.78 is 5.79. The Bertz CT molecular complexity index is 1050. The molecule has 5 nitrogen and oxygen atoms in total. The van der Waals surface area contributed by atoms with Gasteiger partial charge in [0.25, 0.3) is 0 Å². The van der Waals surface area contributed by atoms with Gasteiger partial charge in [-0.15, -0.1) is 0 Å². The maximum absolute atomic E-state index is 12.3. The summed E-state index contributed by atoms with van der Waals surface area (Å²) in [6.45, 7) is 1.95. The summed E-state index contributed by atoms with van der Waals surface area (Å²) >= 11 is 0. The van der Waals surface area contributed by atoms with Gasteiger partial charge in [0.05, 0.1) is 0 Å². The van der Waals surface area contributed by atoms with Crippen LogP contribution in [0, 0.1) is 6.92 Å². The van der Waals surface area contributed by atoms with Crippen molar-refractivity contribution in [1.29, 1.82) is 0 Å². The van der Waals surface area contributed by atoms with Crippen LogP contribution in [0.1, 0.15) is 5.56 Å². The molecule has 2 N–H and O–H groups in total. The molecule has 0 aliphatic carbocycles. The molecule has 1 heterocycles. The lowest BCUT2D eigenvalue weighted by molar-refractivity contribution is 0.262. The molecule has 4 rings (SSSR count). The minimum Gasteiger partial charge on any atom is -0.436 e. The number of oxazole rings is 1. The monoisotopic (exact) mass is 343 g/mol. The van der Waals surface area contributed by atoms with Gasteiger partial charge in [0.15, 0.2) is 5.58 Å². The van der Waals surface area contributed by atoms with Gasteiger partial charge in [-0.3, -0.25) is 0 Å². The molecule has 1 aromatic heterocycles.